The Bertz CT molecular complexity index is 313. The first-order chi connectivity index (χ1) is 6.90. The van der Waals surface area contributed by atoms with Gasteiger partial charge in [0, 0.05) is 12.1 Å². The lowest BCUT2D eigenvalue weighted by Crippen LogP contribution is -2.56. The maximum atomic E-state index is 11.6. The van der Waals surface area contributed by atoms with Gasteiger partial charge in [0.25, 0.3) is 0 Å². The summed E-state index contributed by atoms with van der Waals surface area (Å²) < 4.78 is 23.1. The van der Waals surface area contributed by atoms with Crippen LogP contribution in [0.25, 0.3) is 0 Å². The molecule has 0 fully saturated rings. The number of hydrogen-bond donors (Lipinski definition) is 2. The monoisotopic (exact) mass is 251 g/mol. The van der Waals surface area contributed by atoms with Crippen LogP contribution in [0.15, 0.2) is 0 Å². The van der Waals surface area contributed by atoms with E-state index in [9.17, 15) is 13.5 Å². The lowest BCUT2D eigenvalue weighted by atomic mass is 9.86. The summed E-state index contributed by atoms with van der Waals surface area (Å²) in [5.41, 5.74) is -1.41. The van der Waals surface area contributed by atoms with Crippen LogP contribution in [0.5, 0.6) is 0 Å². The predicted octanol–water partition coefficient (Wildman–Crippen LogP) is 0.949. The van der Waals surface area contributed by atoms with Crippen molar-refractivity contribution in [3.8, 4) is 0 Å². The van der Waals surface area contributed by atoms with Crippen molar-refractivity contribution in [2.75, 3.05) is 12.3 Å². The van der Waals surface area contributed by atoms with Crippen molar-refractivity contribution >= 4 is 9.84 Å². The van der Waals surface area contributed by atoms with Crippen molar-refractivity contribution in [2.24, 2.45) is 0 Å². The Kier molecular flexibility index (Phi) is 4.98. The quantitative estimate of drug-likeness (QED) is 0.737. The molecule has 0 spiro atoms. The van der Waals surface area contributed by atoms with Crippen LogP contribution in [0, 0.1) is 0 Å². The van der Waals surface area contributed by atoms with Crippen LogP contribution >= 0.6 is 0 Å². The van der Waals surface area contributed by atoms with Crippen molar-refractivity contribution in [1.82, 2.24) is 5.32 Å². The van der Waals surface area contributed by atoms with Crippen LogP contribution < -0.4 is 5.32 Å². The number of aliphatic hydroxyl groups is 1. The summed E-state index contributed by atoms with van der Waals surface area (Å²) in [4.78, 5) is 0. The molecule has 0 bridgehead atoms. The maximum Gasteiger partial charge on any atom is 0.153 e. The molecule has 0 saturated carbocycles. The molecule has 0 aliphatic heterocycles. The highest BCUT2D eigenvalue weighted by atomic mass is 32.2. The van der Waals surface area contributed by atoms with E-state index in [0.29, 0.717) is 6.54 Å². The first-order valence-corrected chi connectivity index (χ1v) is 7.30. The summed E-state index contributed by atoms with van der Waals surface area (Å²) in [7, 11) is -3.01. The van der Waals surface area contributed by atoms with Gasteiger partial charge in [0.05, 0.1) is 16.6 Å². The highest BCUT2D eigenvalue weighted by molar-refractivity contribution is 7.92. The standard InChI is InChI=1S/C11H25NO3S/c1-9(2)16(14,15)8-7-12-10(3,4)11(5,6)13/h9,12-13H,7-8H2,1-6H3. The first-order valence-electron chi connectivity index (χ1n) is 5.59. The molecule has 2 N–H and O–H groups in total. The lowest BCUT2D eigenvalue weighted by molar-refractivity contribution is -0.00346. The molecule has 0 radical (unpaired) electrons. The number of sulfone groups is 1. The normalized spacial score (nSPS) is 14.5. The van der Waals surface area contributed by atoms with Crippen molar-refractivity contribution in [2.45, 2.75) is 57.9 Å². The molecule has 0 rings (SSSR count). The van der Waals surface area contributed by atoms with Crippen molar-refractivity contribution in [3.05, 3.63) is 0 Å². The highest BCUT2D eigenvalue weighted by Gasteiger charge is 2.34. The fourth-order valence-corrected chi connectivity index (χ4v) is 1.82. The average Bonchev–Trinajstić information content (AvgIpc) is 2.00. The number of hydrogen-bond acceptors (Lipinski definition) is 4. The van der Waals surface area contributed by atoms with E-state index in [1.165, 1.54) is 0 Å². The van der Waals surface area contributed by atoms with E-state index in [4.69, 9.17) is 0 Å². The largest absolute Gasteiger partial charge is 0.389 e. The van der Waals surface area contributed by atoms with Crippen LogP contribution in [0.2, 0.25) is 0 Å². The summed E-state index contributed by atoms with van der Waals surface area (Å²) in [6.07, 6.45) is 0. The molecule has 0 amide bonds. The molecule has 0 aromatic heterocycles. The Balaban J connectivity index is 4.30. The second-order valence-corrected chi connectivity index (χ2v) is 8.20. The molecule has 0 aliphatic rings. The van der Waals surface area contributed by atoms with E-state index in [0.717, 1.165) is 0 Å². The minimum atomic E-state index is -3.01. The molecular formula is C11H25NO3S. The molecule has 0 atom stereocenters. The summed E-state index contributed by atoms with van der Waals surface area (Å²) in [6.45, 7) is 10.8. The van der Waals surface area contributed by atoms with Gasteiger partial charge in [-0.25, -0.2) is 8.42 Å². The van der Waals surface area contributed by atoms with E-state index in [1.807, 2.05) is 13.8 Å². The summed E-state index contributed by atoms with van der Waals surface area (Å²) in [5, 5.41) is 12.6. The first kappa shape index (κ1) is 15.9. The minimum Gasteiger partial charge on any atom is -0.389 e. The van der Waals surface area contributed by atoms with Crippen molar-refractivity contribution in [3.63, 3.8) is 0 Å². The highest BCUT2D eigenvalue weighted by Crippen LogP contribution is 2.20. The van der Waals surface area contributed by atoms with Gasteiger partial charge in [0.1, 0.15) is 0 Å². The Morgan fingerprint density at radius 2 is 1.62 bits per heavy atom. The molecule has 0 aliphatic carbocycles. The summed E-state index contributed by atoms with van der Waals surface area (Å²) >= 11 is 0. The Morgan fingerprint density at radius 3 is 1.94 bits per heavy atom. The van der Waals surface area contributed by atoms with Crippen molar-refractivity contribution < 1.29 is 13.5 Å². The van der Waals surface area contributed by atoms with Gasteiger partial charge in [-0.1, -0.05) is 0 Å². The van der Waals surface area contributed by atoms with Gasteiger partial charge in [-0.3, -0.25) is 0 Å². The number of rotatable bonds is 6. The summed E-state index contributed by atoms with van der Waals surface area (Å²) in [6, 6.07) is 0. The van der Waals surface area contributed by atoms with Gasteiger partial charge in [0.15, 0.2) is 9.84 Å². The topological polar surface area (TPSA) is 66.4 Å². The van der Waals surface area contributed by atoms with E-state index < -0.39 is 21.0 Å². The van der Waals surface area contributed by atoms with Crippen LogP contribution in [-0.2, 0) is 9.84 Å². The Hall–Kier alpha value is -0.130. The van der Waals surface area contributed by atoms with Gasteiger partial charge in [-0.15, -0.1) is 0 Å². The smallest absolute Gasteiger partial charge is 0.153 e. The minimum absolute atomic E-state index is 0.101. The lowest BCUT2D eigenvalue weighted by Gasteiger charge is -2.38. The fraction of sp³-hybridized carbons (Fsp3) is 1.00. The van der Waals surface area contributed by atoms with Crippen LogP contribution in [-0.4, -0.2) is 42.2 Å². The zero-order valence-electron chi connectivity index (χ0n) is 11.2. The molecule has 0 heterocycles. The molecule has 5 heteroatoms. The zero-order valence-corrected chi connectivity index (χ0v) is 12.0. The Morgan fingerprint density at radius 1 is 1.19 bits per heavy atom. The van der Waals surface area contributed by atoms with Gasteiger partial charge in [0.2, 0.25) is 0 Å². The molecule has 98 valence electrons. The van der Waals surface area contributed by atoms with Crippen LogP contribution in [0.4, 0.5) is 0 Å². The summed E-state index contributed by atoms with van der Waals surface area (Å²) in [5.74, 6) is 0.101. The van der Waals surface area contributed by atoms with Crippen molar-refractivity contribution in [1.29, 1.82) is 0 Å². The van der Waals surface area contributed by atoms with Gasteiger partial charge >= 0.3 is 0 Å². The van der Waals surface area contributed by atoms with Gasteiger partial charge in [-0.2, -0.15) is 0 Å². The second-order valence-electron chi connectivity index (χ2n) is 5.53. The Labute approximate surface area is 99.4 Å². The molecule has 0 aromatic carbocycles. The van der Waals surface area contributed by atoms with E-state index >= 15 is 0 Å². The third-order valence-electron chi connectivity index (χ3n) is 3.20. The average molecular weight is 251 g/mol. The molecule has 0 aromatic rings. The zero-order chi connectivity index (χ0) is 13.2. The van der Waals surface area contributed by atoms with E-state index in [-0.39, 0.29) is 11.0 Å². The van der Waals surface area contributed by atoms with Gasteiger partial charge in [-0.05, 0) is 41.5 Å². The van der Waals surface area contributed by atoms with E-state index in [2.05, 4.69) is 5.32 Å². The maximum absolute atomic E-state index is 11.6. The molecule has 16 heavy (non-hydrogen) atoms. The van der Waals surface area contributed by atoms with Crippen LogP contribution in [0.1, 0.15) is 41.5 Å². The molecule has 0 saturated heterocycles. The van der Waals surface area contributed by atoms with Crippen LogP contribution in [0.3, 0.4) is 0 Å². The third-order valence-corrected chi connectivity index (χ3v) is 5.41. The fourth-order valence-electron chi connectivity index (χ4n) is 0.958. The van der Waals surface area contributed by atoms with Gasteiger partial charge < -0.3 is 10.4 Å². The molecule has 4 nitrogen and oxygen atoms in total. The third kappa shape index (κ3) is 4.39. The SMILES string of the molecule is CC(C)S(=O)(=O)CCNC(C)(C)C(C)(C)O. The second kappa shape index (κ2) is 5.02. The molecular weight excluding hydrogens is 226 g/mol. The molecule has 0 unspecified atom stereocenters. The predicted molar refractivity (Wildman–Crippen MR) is 67.3 cm³/mol. The van der Waals surface area contributed by atoms with E-state index in [1.54, 1.807) is 27.7 Å². The number of nitrogens with one attached hydrogen (secondary N) is 1.